The number of hydrogen-bond acceptors (Lipinski definition) is 4. The van der Waals surface area contributed by atoms with Gasteiger partial charge in [0, 0.05) is 0 Å². The second-order valence-electron chi connectivity index (χ2n) is 5.91. The van der Waals surface area contributed by atoms with E-state index in [1.807, 2.05) is 45.9 Å². The van der Waals surface area contributed by atoms with Crippen molar-refractivity contribution in [3.05, 3.63) is 53.6 Å². The van der Waals surface area contributed by atoms with Crippen molar-refractivity contribution in [2.75, 3.05) is 0 Å². The Labute approximate surface area is 144 Å². The third-order valence-electron chi connectivity index (χ3n) is 4.27. The molecule has 24 heavy (non-hydrogen) atoms. The molecular formula is C19H25O4P. The van der Waals surface area contributed by atoms with Crippen LogP contribution in [0.15, 0.2) is 42.5 Å². The maximum absolute atomic E-state index is 13.0. The molecule has 4 nitrogen and oxygen atoms in total. The number of aryl methyl sites for hydroxylation is 2. The van der Waals surface area contributed by atoms with Gasteiger partial charge in [-0.1, -0.05) is 32.0 Å². The van der Waals surface area contributed by atoms with Gasteiger partial charge in [-0.05, 0) is 62.1 Å². The highest BCUT2D eigenvalue weighted by Crippen LogP contribution is 2.47. The third kappa shape index (κ3) is 3.93. The van der Waals surface area contributed by atoms with E-state index in [0.717, 1.165) is 16.9 Å². The molecule has 0 aliphatic carbocycles. The van der Waals surface area contributed by atoms with E-state index >= 15 is 0 Å². The number of hydrogen-bond donors (Lipinski definition) is 1. The van der Waals surface area contributed by atoms with E-state index < -0.39 is 13.4 Å². The van der Waals surface area contributed by atoms with Crippen LogP contribution in [0, 0.1) is 13.8 Å². The van der Waals surface area contributed by atoms with Gasteiger partial charge in [0.2, 0.25) is 0 Å². The second-order valence-corrected chi connectivity index (χ2v) is 7.60. The molecule has 0 heterocycles. The summed E-state index contributed by atoms with van der Waals surface area (Å²) in [4.78, 5) is 0. The van der Waals surface area contributed by atoms with Crippen LogP contribution in [-0.4, -0.2) is 10.4 Å². The maximum atomic E-state index is 13.0. The minimum atomic E-state index is -2.54. The molecular weight excluding hydrogens is 323 g/mol. The van der Waals surface area contributed by atoms with Crippen LogP contribution in [0.1, 0.15) is 37.8 Å². The summed E-state index contributed by atoms with van der Waals surface area (Å²) in [6.45, 7) is 7.88. The van der Waals surface area contributed by atoms with E-state index in [0.29, 0.717) is 18.6 Å². The Morgan fingerprint density at radius 3 is 2.04 bits per heavy atom. The fourth-order valence-electron chi connectivity index (χ4n) is 2.59. The summed E-state index contributed by atoms with van der Waals surface area (Å²) in [5, 5.41) is 8.49. The molecule has 1 atom stereocenters. The van der Waals surface area contributed by atoms with Crippen LogP contribution in [0.3, 0.4) is 0 Å². The number of para-hydroxylation sites is 1. The van der Waals surface area contributed by atoms with E-state index in [1.165, 1.54) is 12.1 Å². The molecule has 0 bridgehead atoms. The van der Waals surface area contributed by atoms with Crippen molar-refractivity contribution in [2.45, 2.75) is 45.9 Å². The van der Waals surface area contributed by atoms with E-state index in [4.69, 9.17) is 9.26 Å². The van der Waals surface area contributed by atoms with Crippen molar-refractivity contribution in [3.8, 4) is 17.2 Å². The zero-order valence-electron chi connectivity index (χ0n) is 14.6. The fourth-order valence-corrected chi connectivity index (χ4v) is 3.89. The number of phenols is 1. The van der Waals surface area contributed by atoms with E-state index in [9.17, 15) is 9.67 Å². The Bertz CT molecular complexity index is 686. The van der Waals surface area contributed by atoms with Gasteiger partial charge in [-0.15, -0.1) is 0 Å². The smallest absolute Gasteiger partial charge is 0.278 e. The van der Waals surface area contributed by atoms with E-state index in [1.54, 1.807) is 12.1 Å². The molecule has 130 valence electrons. The lowest BCUT2D eigenvalue weighted by Gasteiger charge is -2.33. The topological polar surface area (TPSA) is 55.8 Å². The van der Waals surface area contributed by atoms with Crippen molar-refractivity contribution in [3.63, 3.8) is 0 Å². The van der Waals surface area contributed by atoms with Crippen molar-refractivity contribution >= 4 is 8.03 Å². The third-order valence-corrected chi connectivity index (χ3v) is 6.24. The highest BCUT2D eigenvalue weighted by atomic mass is 31.1. The average molecular weight is 348 g/mol. The quantitative estimate of drug-likeness (QED) is 0.675. The van der Waals surface area contributed by atoms with Crippen molar-refractivity contribution in [1.29, 1.82) is 0 Å². The van der Waals surface area contributed by atoms with Gasteiger partial charge in [-0.2, -0.15) is 0 Å². The van der Waals surface area contributed by atoms with Crippen LogP contribution in [0.4, 0.5) is 0 Å². The van der Waals surface area contributed by atoms with Crippen molar-refractivity contribution in [2.24, 2.45) is 0 Å². The van der Waals surface area contributed by atoms with E-state index in [2.05, 4.69) is 0 Å². The van der Waals surface area contributed by atoms with Crippen molar-refractivity contribution < 1.29 is 18.9 Å². The van der Waals surface area contributed by atoms with Crippen molar-refractivity contribution in [1.82, 2.24) is 0 Å². The van der Waals surface area contributed by atoms with Gasteiger partial charge in [0.1, 0.15) is 17.2 Å². The average Bonchev–Trinajstić information content (AvgIpc) is 2.57. The maximum Gasteiger partial charge on any atom is 0.278 e. The second kappa shape index (κ2) is 7.76. The first-order valence-corrected chi connectivity index (χ1v) is 9.50. The molecule has 0 aliphatic rings. The molecule has 2 rings (SSSR count). The van der Waals surface area contributed by atoms with Crippen LogP contribution in [0.25, 0.3) is 0 Å². The Morgan fingerprint density at radius 1 is 1.00 bits per heavy atom. The van der Waals surface area contributed by atoms with Gasteiger partial charge < -0.3 is 14.4 Å². The van der Waals surface area contributed by atoms with Gasteiger partial charge in [0.15, 0.2) is 5.34 Å². The van der Waals surface area contributed by atoms with Crippen LogP contribution >= 0.6 is 8.03 Å². The first kappa shape index (κ1) is 18.4. The van der Waals surface area contributed by atoms with Gasteiger partial charge in [0.25, 0.3) is 8.03 Å². The molecule has 0 aliphatic heterocycles. The highest BCUT2D eigenvalue weighted by molar-refractivity contribution is 7.41. The van der Waals surface area contributed by atoms with Crippen LogP contribution in [0.5, 0.6) is 17.2 Å². The van der Waals surface area contributed by atoms with Gasteiger partial charge >= 0.3 is 0 Å². The monoisotopic (exact) mass is 348 g/mol. The molecule has 1 unspecified atom stereocenters. The summed E-state index contributed by atoms with van der Waals surface area (Å²) in [5.74, 6) is 1.38. The van der Waals surface area contributed by atoms with Gasteiger partial charge in [-0.3, -0.25) is 4.57 Å². The lowest BCUT2D eigenvalue weighted by Crippen LogP contribution is -2.32. The lowest BCUT2D eigenvalue weighted by atomic mass is 10.1. The minimum absolute atomic E-state index is 0.144. The van der Waals surface area contributed by atoms with Gasteiger partial charge in [-0.25, -0.2) is 0 Å². The molecule has 0 spiro atoms. The van der Waals surface area contributed by atoms with Gasteiger partial charge in [0.05, 0.1) is 0 Å². The molecule has 2 aromatic rings. The highest BCUT2D eigenvalue weighted by Gasteiger charge is 2.38. The summed E-state index contributed by atoms with van der Waals surface area (Å²) in [7, 11) is -2.54. The molecule has 0 radical (unpaired) electrons. The molecule has 2 aromatic carbocycles. The molecule has 0 saturated heterocycles. The summed E-state index contributed by atoms with van der Waals surface area (Å²) < 4.78 is 24.9. The largest absolute Gasteiger partial charge is 0.508 e. The van der Waals surface area contributed by atoms with Crippen LogP contribution in [-0.2, 0) is 4.57 Å². The minimum Gasteiger partial charge on any atom is -0.508 e. The van der Waals surface area contributed by atoms with E-state index in [-0.39, 0.29) is 5.75 Å². The number of rotatable bonds is 7. The SMILES string of the molecule is CCC(CC)(Oc1c(C)cccc1C)[PH](=O)Oc1ccc(O)cc1. The summed E-state index contributed by atoms with van der Waals surface area (Å²) in [5.41, 5.74) is 2.03. The normalized spacial score (nSPS) is 12.7. The first-order chi connectivity index (χ1) is 11.4. The number of benzene rings is 2. The zero-order chi connectivity index (χ0) is 17.7. The van der Waals surface area contributed by atoms with Crippen LogP contribution < -0.4 is 9.26 Å². The summed E-state index contributed by atoms with van der Waals surface area (Å²) >= 11 is 0. The zero-order valence-corrected chi connectivity index (χ0v) is 15.6. The predicted molar refractivity (Wildman–Crippen MR) is 97.6 cm³/mol. The molecule has 0 saturated carbocycles. The Balaban J connectivity index is 2.29. The lowest BCUT2D eigenvalue weighted by molar-refractivity contribution is 0.133. The number of ether oxygens (including phenoxy) is 1. The molecule has 0 aromatic heterocycles. The summed E-state index contributed by atoms with van der Waals surface area (Å²) in [6, 6.07) is 12.2. The predicted octanol–water partition coefficient (Wildman–Crippen LogP) is 5.46. The van der Waals surface area contributed by atoms with Crippen LogP contribution in [0.2, 0.25) is 0 Å². The fraction of sp³-hybridized carbons (Fsp3) is 0.368. The number of aromatic hydroxyl groups is 1. The Hall–Kier alpha value is -1.93. The molecule has 5 heteroatoms. The first-order valence-electron chi connectivity index (χ1n) is 8.18. The Kier molecular flexibility index (Phi) is 5.95. The standard InChI is InChI=1S/C19H25O4P/c1-5-19(6-2,22-18-14(3)8-7-9-15(18)4)24(21)23-17-12-10-16(20)11-13-17/h7-13,20,24H,5-6H2,1-4H3. The summed E-state index contributed by atoms with van der Waals surface area (Å²) in [6.07, 6.45) is 1.15. The molecule has 0 amide bonds. The Morgan fingerprint density at radius 2 is 1.54 bits per heavy atom. The number of phenolic OH excluding ortho intramolecular Hbond substituents is 1. The molecule has 0 fully saturated rings. The molecule has 1 N–H and O–H groups in total.